The molecule has 21 heavy (non-hydrogen) atoms. The largest absolute Gasteiger partial charge is 0.397 e. The van der Waals surface area contributed by atoms with Crippen molar-refractivity contribution in [3.63, 3.8) is 0 Å². The SMILES string of the molecule is CCC1CCCC(OCC(=O)Nc2ccc(C)cc2N)C1. The molecule has 1 aromatic rings. The molecule has 0 aliphatic heterocycles. The van der Waals surface area contributed by atoms with Crippen molar-refractivity contribution in [2.24, 2.45) is 5.92 Å². The van der Waals surface area contributed by atoms with Gasteiger partial charge in [-0.25, -0.2) is 0 Å². The molecule has 0 aromatic heterocycles. The summed E-state index contributed by atoms with van der Waals surface area (Å²) in [6.07, 6.45) is 6.07. The number of hydrogen-bond donors (Lipinski definition) is 2. The van der Waals surface area contributed by atoms with Gasteiger partial charge in [-0.05, 0) is 43.4 Å². The zero-order valence-electron chi connectivity index (χ0n) is 13.0. The normalized spacial score (nSPS) is 22.0. The average molecular weight is 290 g/mol. The molecule has 2 rings (SSSR count). The van der Waals surface area contributed by atoms with Crippen molar-refractivity contribution >= 4 is 17.3 Å². The first-order valence-corrected chi connectivity index (χ1v) is 7.86. The number of benzene rings is 1. The molecule has 0 spiro atoms. The fourth-order valence-corrected chi connectivity index (χ4v) is 2.94. The van der Waals surface area contributed by atoms with Gasteiger partial charge in [-0.1, -0.05) is 32.3 Å². The summed E-state index contributed by atoms with van der Waals surface area (Å²) in [4.78, 5) is 12.0. The second-order valence-electron chi connectivity index (χ2n) is 6.01. The number of carbonyl (C=O) groups is 1. The van der Waals surface area contributed by atoms with E-state index in [4.69, 9.17) is 10.5 Å². The van der Waals surface area contributed by atoms with Crippen LogP contribution in [0.3, 0.4) is 0 Å². The van der Waals surface area contributed by atoms with E-state index in [1.54, 1.807) is 0 Å². The molecule has 0 radical (unpaired) electrons. The molecule has 1 fully saturated rings. The molecule has 116 valence electrons. The highest BCUT2D eigenvalue weighted by molar-refractivity contribution is 5.94. The Hall–Kier alpha value is -1.55. The van der Waals surface area contributed by atoms with Crippen molar-refractivity contribution in [3.05, 3.63) is 23.8 Å². The highest BCUT2D eigenvalue weighted by atomic mass is 16.5. The van der Waals surface area contributed by atoms with E-state index >= 15 is 0 Å². The van der Waals surface area contributed by atoms with Crippen LogP contribution < -0.4 is 11.1 Å². The van der Waals surface area contributed by atoms with Gasteiger partial charge < -0.3 is 15.8 Å². The van der Waals surface area contributed by atoms with Crippen LogP contribution in [0.25, 0.3) is 0 Å². The second kappa shape index (κ2) is 7.46. The third kappa shape index (κ3) is 4.74. The number of nitrogens with two attached hydrogens (primary N) is 1. The molecule has 1 aliphatic carbocycles. The summed E-state index contributed by atoms with van der Waals surface area (Å²) in [6.45, 7) is 4.30. The zero-order valence-corrected chi connectivity index (χ0v) is 13.0. The highest BCUT2D eigenvalue weighted by Gasteiger charge is 2.21. The first-order chi connectivity index (χ1) is 10.1. The van der Waals surface area contributed by atoms with E-state index in [1.807, 2.05) is 25.1 Å². The molecule has 4 heteroatoms. The molecule has 2 unspecified atom stereocenters. The highest BCUT2D eigenvalue weighted by Crippen LogP contribution is 2.28. The maximum atomic E-state index is 12.0. The van der Waals surface area contributed by atoms with Crippen LogP contribution >= 0.6 is 0 Å². The van der Waals surface area contributed by atoms with Gasteiger partial charge in [0, 0.05) is 0 Å². The smallest absolute Gasteiger partial charge is 0.250 e. The lowest BCUT2D eigenvalue weighted by atomic mass is 9.85. The fraction of sp³-hybridized carbons (Fsp3) is 0.588. The Kier molecular flexibility index (Phi) is 5.62. The number of amides is 1. The standard InChI is InChI=1S/C17H26N2O2/c1-3-13-5-4-6-14(10-13)21-11-17(20)19-16-8-7-12(2)9-15(16)18/h7-9,13-14H,3-6,10-11,18H2,1-2H3,(H,19,20). The summed E-state index contributed by atoms with van der Waals surface area (Å²) in [5.41, 5.74) is 8.21. The van der Waals surface area contributed by atoms with Gasteiger partial charge in [0.2, 0.25) is 5.91 Å². The van der Waals surface area contributed by atoms with Crippen LogP contribution in [0.15, 0.2) is 18.2 Å². The number of carbonyl (C=O) groups excluding carboxylic acids is 1. The Morgan fingerprint density at radius 1 is 1.43 bits per heavy atom. The van der Waals surface area contributed by atoms with E-state index in [0.29, 0.717) is 11.4 Å². The van der Waals surface area contributed by atoms with Gasteiger partial charge in [-0.3, -0.25) is 4.79 Å². The molecule has 1 amide bonds. The predicted molar refractivity (Wildman–Crippen MR) is 86.2 cm³/mol. The number of rotatable bonds is 5. The number of nitrogens with one attached hydrogen (secondary N) is 1. The number of ether oxygens (including phenoxy) is 1. The van der Waals surface area contributed by atoms with Gasteiger partial charge in [-0.2, -0.15) is 0 Å². The van der Waals surface area contributed by atoms with E-state index in [1.165, 1.54) is 19.3 Å². The van der Waals surface area contributed by atoms with Crippen molar-refractivity contribution < 1.29 is 9.53 Å². The van der Waals surface area contributed by atoms with E-state index in [2.05, 4.69) is 12.2 Å². The summed E-state index contributed by atoms with van der Waals surface area (Å²) in [7, 11) is 0. The molecule has 0 bridgehead atoms. The molecule has 0 saturated heterocycles. The maximum Gasteiger partial charge on any atom is 0.250 e. The van der Waals surface area contributed by atoms with Crippen molar-refractivity contribution in [2.75, 3.05) is 17.7 Å². The van der Waals surface area contributed by atoms with Gasteiger partial charge in [-0.15, -0.1) is 0 Å². The van der Waals surface area contributed by atoms with Crippen LogP contribution in [0.4, 0.5) is 11.4 Å². The molecule has 1 aromatic carbocycles. The van der Waals surface area contributed by atoms with Crippen LogP contribution in [-0.2, 0) is 9.53 Å². The lowest BCUT2D eigenvalue weighted by Gasteiger charge is -2.28. The number of aryl methyl sites for hydroxylation is 1. The van der Waals surface area contributed by atoms with E-state index in [0.717, 1.165) is 24.3 Å². The van der Waals surface area contributed by atoms with Gasteiger partial charge in [0.15, 0.2) is 0 Å². The van der Waals surface area contributed by atoms with Gasteiger partial charge in [0.1, 0.15) is 6.61 Å². The van der Waals surface area contributed by atoms with Crippen LogP contribution in [-0.4, -0.2) is 18.6 Å². The summed E-state index contributed by atoms with van der Waals surface area (Å²) >= 11 is 0. The van der Waals surface area contributed by atoms with Crippen molar-refractivity contribution in [2.45, 2.75) is 52.1 Å². The van der Waals surface area contributed by atoms with Crippen LogP contribution in [0, 0.1) is 12.8 Å². The third-order valence-electron chi connectivity index (χ3n) is 4.24. The van der Waals surface area contributed by atoms with Crippen LogP contribution in [0.1, 0.15) is 44.6 Å². The predicted octanol–water partition coefficient (Wildman–Crippen LogP) is 3.50. The summed E-state index contributed by atoms with van der Waals surface area (Å²) in [5.74, 6) is 0.615. The minimum absolute atomic E-state index is 0.106. The molecular formula is C17H26N2O2. The quantitative estimate of drug-likeness (QED) is 0.816. The first kappa shape index (κ1) is 15.8. The molecule has 2 atom stereocenters. The van der Waals surface area contributed by atoms with E-state index in [-0.39, 0.29) is 18.6 Å². The lowest BCUT2D eigenvalue weighted by molar-refractivity contribution is -0.123. The fourth-order valence-electron chi connectivity index (χ4n) is 2.94. The first-order valence-electron chi connectivity index (χ1n) is 7.86. The monoisotopic (exact) mass is 290 g/mol. The number of nitrogen functional groups attached to an aromatic ring is 1. The summed E-state index contributed by atoms with van der Waals surface area (Å²) < 4.78 is 5.76. The maximum absolute atomic E-state index is 12.0. The Bertz CT molecular complexity index is 488. The van der Waals surface area contributed by atoms with Crippen molar-refractivity contribution in [1.29, 1.82) is 0 Å². The molecular weight excluding hydrogens is 264 g/mol. The van der Waals surface area contributed by atoms with E-state index < -0.39 is 0 Å². The minimum Gasteiger partial charge on any atom is -0.397 e. The van der Waals surface area contributed by atoms with Crippen LogP contribution in [0.5, 0.6) is 0 Å². The molecule has 4 nitrogen and oxygen atoms in total. The third-order valence-corrected chi connectivity index (χ3v) is 4.24. The number of anilines is 2. The van der Waals surface area contributed by atoms with Crippen molar-refractivity contribution in [1.82, 2.24) is 0 Å². The van der Waals surface area contributed by atoms with E-state index in [9.17, 15) is 4.79 Å². The van der Waals surface area contributed by atoms with Crippen LogP contribution in [0.2, 0.25) is 0 Å². The summed E-state index contributed by atoms with van der Waals surface area (Å²) in [6, 6.07) is 5.61. The molecule has 0 heterocycles. The van der Waals surface area contributed by atoms with Gasteiger partial charge in [0.25, 0.3) is 0 Å². The molecule has 1 saturated carbocycles. The Balaban J connectivity index is 1.79. The average Bonchev–Trinajstić information content (AvgIpc) is 2.48. The van der Waals surface area contributed by atoms with Gasteiger partial charge >= 0.3 is 0 Å². The Labute approximate surface area is 127 Å². The lowest BCUT2D eigenvalue weighted by Crippen LogP contribution is -2.27. The summed E-state index contributed by atoms with van der Waals surface area (Å²) in [5, 5.41) is 2.81. The van der Waals surface area contributed by atoms with Crippen molar-refractivity contribution in [3.8, 4) is 0 Å². The zero-order chi connectivity index (χ0) is 15.2. The minimum atomic E-state index is -0.135. The Morgan fingerprint density at radius 2 is 2.24 bits per heavy atom. The Morgan fingerprint density at radius 3 is 2.95 bits per heavy atom. The topological polar surface area (TPSA) is 64.3 Å². The number of hydrogen-bond acceptors (Lipinski definition) is 3. The van der Waals surface area contributed by atoms with Gasteiger partial charge in [0.05, 0.1) is 17.5 Å². The second-order valence-corrected chi connectivity index (χ2v) is 6.01. The molecule has 1 aliphatic rings. The molecule has 3 N–H and O–H groups in total.